The van der Waals surface area contributed by atoms with E-state index >= 15 is 0 Å². The van der Waals surface area contributed by atoms with Gasteiger partial charge in [-0.1, -0.05) is 29.3 Å². The third kappa shape index (κ3) is 2.96. The van der Waals surface area contributed by atoms with Gasteiger partial charge in [-0.15, -0.1) is 0 Å². The second-order valence-corrected chi connectivity index (χ2v) is 6.49. The standard InChI is InChI=1S/C18H14BrNO6/c1-3-4-8-15-9(11(19)6-12(20-15)18(24)25-2)5-10-13(21)7-14(17(22)23)26-16(8)10/h5-7H,3-4H2,1-2H3,(H,22,23). The molecule has 0 fully saturated rings. The van der Waals surface area contributed by atoms with Crippen LogP contribution in [0.3, 0.4) is 0 Å². The predicted octanol–water partition coefficient (Wildman–Crippen LogP) is 3.54. The Balaban J connectivity index is 2.51. The average molecular weight is 420 g/mol. The molecule has 0 aliphatic rings. The van der Waals surface area contributed by atoms with Gasteiger partial charge < -0.3 is 14.3 Å². The number of rotatable bonds is 4. The normalized spacial score (nSPS) is 11.0. The van der Waals surface area contributed by atoms with Crippen LogP contribution in [-0.4, -0.2) is 29.1 Å². The molecule has 0 spiro atoms. The van der Waals surface area contributed by atoms with Crippen molar-refractivity contribution >= 4 is 49.7 Å². The number of aromatic carboxylic acids is 1. The highest BCUT2D eigenvalue weighted by Gasteiger charge is 2.20. The summed E-state index contributed by atoms with van der Waals surface area (Å²) < 4.78 is 10.8. The first kappa shape index (κ1) is 18.1. The minimum absolute atomic E-state index is 0.0975. The van der Waals surface area contributed by atoms with Gasteiger partial charge in [0.1, 0.15) is 11.3 Å². The van der Waals surface area contributed by atoms with Gasteiger partial charge in [-0.25, -0.2) is 14.6 Å². The molecule has 0 bridgehead atoms. The third-order valence-corrected chi connectivity index (χ3v) is 4.60. The number of methoxy groups -OCH3 is 1. The van der Waals surface area contributed by atoms with Crippen molar-refractivity contribution < 1.29 is 23.8 Å². The van der Waals surface area contributed by atoms with Gasteiger partial charge in [0, 0.05) is 21.5 Å². The van der Waals surface area contributed by atoms with E-state index in [0.717, 1.165) is 6.07 Å². The van der Waals surface area contributed by atoms with Crippen LogP contribution >= 0.6 is 15.9 Å². The number of carboxylic acids is 1. The summed E-state index contributed by atoms with van der Waals surface area (Å²) in [6, 6.07) is 4.05. The number of hydrogen-bond donors (Lipinski definition) is 1. The van der Waals surface area contributed by atoms with Crippen LogP contribution in [0.15, 0.2) is 31.9 Å². The second-order valence-electron chi connectivity index (χ2n) is 5.64. The summed E-state index contributed by atoms with van der Waals surface area (Å²) in [5.41, 5.74) is 0.851. The molecule has 1 aromatic carbocycles. The number of ether oxygens (including phenoxy) is 1. The molecular formula is C18H14BrNO6. The molecule has 0 aliphatic carbocycles. The van der Waals surface area contributed by atoms with Crippen molar-refractivity contribution in [2.24, 2.45) is 0 Å². The second kappa shape index (κ2) is 6.87. The molecule has 1 N–H and O–H groups in total. The Morgan fingerprint density at radius 3 is 2.62 bits per heavy atom. The Labute approximate surface area is 155 Å². The average Bonchev–Trinajstić information content (AvgIpc) is 2.61. The molecular weight excluding hydrogens is 406 g/mol. The van der Waals surface area contributed by atoms with Gasteiger partial charge in [-0.3, -0.25) is 4.79 Å². The summed E-state index contributed by atoms with van der Waals surface area (Å²) in [6.45, 7) is 1.93. The number of carbonyl (C=O) groups is 2. The number of halogens is 1. The molecule has 0 amide bonds. The van der Waals surface area contributed by atoms with Crippen molar-refractivity contribution in [1.82, 2.24) is 4.98 Å². The van der Waals surface area contributed by atoms with E-state index in [1.165, 1.54) is 13.2 Å². The van der Waals surface area contributed by atoms with Crippen LogP contribution in [0.25, 0.3) is 21.9 Å². The van der Waals surface area contributed by atoms with Crippen LogP contribution < -0.4 is 5.43 Å². The summed E-state index contributed by atoms with van der Waals surface area (Å²) in [4.78, 5) is 39.9. The molecule has 2 heterocycles. The molecule has 2 aromatic heterocycles. The van der Waals surface area contributed by atoms with E-state index in [1.807, 2.05) is 6.92 Å². The Hall–Kier alpha value is -2.74. The lowest BCUT2D eigenvalue weighted by atomic mass is 10.0. The van der Waals surface area contributed by atoms with E-state index in [9.17, 15) is 19.5 Å². The predicted molar refractivity (Wildman–Crippen MR) is 97.8 cm³/mol. The zero-order valence-electron chi connectivity index (χ0n) is 14.0. The fraction of sp³-hybridized carbons (Fsp3) is 0.222. The van der Waals surface area contributed by atoms with Crippen molar-refractivity contribution in [3.63, 3.8) is 0 Å². The van der Waals surface area contributed by atoms with Gasteiger partial charge in [0.25, 0.3) is 0 Å². The van der Waals surface area contributed by atoms with Gasteiger partial charge in [0.15, 0.2) is 5.43 Å². The highest BCUT2D eigenvalue weighted by molar-refractivity contribution is 9.10. The zero-order chi connectivity index (χ0) is 19.0. The van der Waals surface area contributed by atoms with E-state index in [4.69, 9.17) is 9.15 Å². The van der Waals surface area contributed by atoms with Crippen molar-refractivity contribution in [3.8, 4) is 0 Å². The number of hydrogen-bond acceptors (Lipinski definition) is 6. The highest BCUT2D eigenvalue weighted by Crippen LogP contribution is 2.32. The van der Waals surface area contributed by atoms with Crippen molar-refractivity contribution in [1.29, 1.82) is 0 Å². The summed E-state index contributed by atoms with van der Waals surface area (Å²) in [5, 5.41) is 10.1. The van der Waals surface area contributed by atoms with Gasteiger partial charge in [0.2, 0.25) is 5.76 Å². The molecule has 7 nitrogen and oxygen atoms in total. The van der Waals surface area contributed by atoms with E-state index in [2.05, 4.69) is 20.9 Å². The largest absolute Gasteiger partial charge is 0.475 e. The molecule has 0 atom stereocenters. The number of esters is 1. The van der Waals surface area contributed by atoms with Crippen LogP contribution in [0.2, 0.25) is 0 Å². The smallest absolute Gasteiger partial charge is 0.371 e. The highest BCUT2D eigenvalue weighted by atomic mass is 79.9. The van der Waals surface area contributed by atoms with Gasteiger partial charge >= 0.3 is 11.9 Å². The number of aryl methyl sites for hydroxylation is 1. The minimum atomic E-state index is -1.33. The van der Waals surface area contributed by atoms with Crippen molar-refractivity contribution in [2.75, 3.05) is 7.11 Å². The first-order valence-corrected chi connectivity index (χ1v) is 8.58. The summed E-state index contributed by atoms with van der Waals surface area (Å²) in [6.07, 6.45) is 1.20. The Kier molecular flexibility index (Phi) is 4.78. The van der Waals surface area contributed by atoms with Crippen LogP contribution in [-0.2, 0) is 11.2 Å². The lowest BCUT2D eigenvalue weighted by Gasteiger charge is -2.12. The lowest BCUT2D eigenvalue weighted by molar-refractivity contribution is 0.0593. The van der Waals surface area contributed by atoms with Crippen molar-refractivity contribution in [3.05, 3.63) is 49.9 Å². The molecule has 0 radical (unpaired) electrons. The maximum absolute atomic E-state index is 12.4. The molecule has 0 saturated heterocycles. The number of pyridine rings is 1. The fourth-order valence-electron chi connectivity index (χ4n) is 2.80. The molecule has 0 saturated carbocycles. The Morgan fingerprint density at radius 2 is 2.00 bits per heavy atom. The van der Waals surface area contributed by atoms with E-state index in [-0.39, 0.29) is 16.7 Å². The number of nitrogens with zero attached hydrogens (tertiary/aromatic N) is 1. The van der Waals surface area contributed by atoms with Crippen LogP contribution in [0.5, 0.6) is 0 Å². The maximum atomic E-state index is 12.4. The summed E-state index contributed by atoms with van der Waals surface area (Å²) >= 11 is 3.40. The fourth-order valence-corrected chi connectivity index (χ4v) is 3.32. The molecule has 3 aromatic rings. The number of carbonyl (C=O) groups excluding carboxylic acids is 1. The zero-order valence-corrected chi connectivity index (χ0v) is 15.5. The van der Waals surface area contributed by atoms with Crippen LogP contribution in [0.4, 0.5) is 0 Å². The molecule has 3 rings (SSSR count). The molecule has 0 unspecified atom stereocenters. The minimum Gasteiger partial charge on any atom is -0.475 e. The lowest BCUT2D eigenvalue weighted by Crippen LogP contribution is -2.09. The number of carboxylic acid groups (broad SMARTS) is 1. The number of benzene rings is 1. The monoisotopic (exact) mass is 419 g/mol. The summed E-state index contributed by atoms with van der Waals surface area (Å²) in [5.74, 6) is -2.37. The first-order chi connectivity index (χ1) is 12.4. The SMILES string of the molecule is CCCc1c2nc(C(=O)OC)cc(Br)c2cc2c(=O)cc(C(=O)O)oc12. The number of fused-ring (bicyclic) bond motifs is 2. The van der Waals surface area contributed by atoms with E-state index < -0.39 is 23.1 Å². The Morgan fingerprint density at radius 1 is 1.27 bits per heavy atom. The maximum Gasteiger partial charge on any atom is 0.371 e. The molecule has 26 heavy (non-hydrogen) atoms. The van der Waals surface area contributed by atoms with E-state index in [1.54, 1.807) is 6.07 Å². The van der Waals surface area contributed by atoms with Crippen molar-refractivity contribution in [2.45, 2.75) is 19.8 Å². The van der Waals surface area contributed by atoms with Gasteiger partial charge in [-0.05, 0) is 18.6 Å². The van der Waals surface area contributed by atoms with Gasteiger partial charge in [0.05, 0.1) is 18.0 Å². The third-order valence-electron chi connectivity index (χ3n) is 3.95. The number of aromatic nitrogens is 1. The molecule has 134 valence electrons. The molecule has 8 heteroatoms. The topological polar surface area (TPSA) is 107 Å². The Bertz CT molecular complexity index is 1120. The first-order valence-electron chi connectivity index (χ1n) is 7.79. The molecule has 0 aliphatic heterocycles. The van der Waals surface area contributed by atoms with E-state index in [0.29, 0.717) is 33.8 Å². The van der Waals surface area contributed by atoms with Crippen LogP contribution in [0.1, 0.15) is 40.0 Å². The quantitative estimate of drug-likeness (QED) is 0.508. The van der Waals surface area contributed by atoms with Gasteiger partial charge in [-0.2, -0.15) is 0 Å². The summed E-state index contributed by atoms with van der Waals surface area (Å²) in [7, 11) is 1.26. The van der Waals surface area contributed by atoms with Crippen LogP contribution in [0, 0.1) is 0 Å².